The van der Waals surface area contributed by atoms with E-state index in [1.54, 1.807) is 12.1 Å². The molecule has 1 N–H and O–H groups in total. The van der Waals surface area contributed by atoms with Crippen LogP contribution in [0.15, 0.2) is 24.3 Å². The van der Waals surface area contributed by atoms with E-state index in [2.05, 4.69) is 17.0 Å². The second-order valence-corrected chi connectivity index (χ2v) is 6.29. The highest BCUT2D eigenvalue weighted by atomic mass is 19.4. The number of para-hydroxylation sites is 1. The fourth-order valence-corrected chi connectivity index (χ4v) is 3.07. The van der Waals surface area contributed by atoms with Crippen molar-refractivity contribution >= 4 is 5.91 Å². The predicted octanol–water partition coefficient (Wildman–Crippen LogP) is 3.37. The lowest BCUT2D eigenvalue weighted by Crippen LogP contribution is -2.40. The van der Waals surface area contributed by atoms with Gasteiger partial charge in [0.25, 0.3) is 0 Å². The molecule has 1 heterocycles. The highest BCUT2D eigenvalue weighted by Crippen LogP contribution is 2.27. The number of benzene rings is 1. The van der Waals surface area contributed by atoms with Crippen molar-refractivity contribution in [2.75, 3.05) is 26.2 Å². The third kappa shape index (κ3) is 6.57. The fourth-order valence-electron chi connectivity index (χ4n) is 3.07. The number of piperidine rings is 1. The molecule has 4 nitrogen and oxygen atoms in total. The van der Waals surface area contributed by atoms with E-state index < -0.39 is 6.36 Å². The molecule has 0 radical (unpaired) electrons. The van der Waals surface area contributed by atoms with Crippen molar-refractivity contribution < 1.29 is 22.7 Å². The molecule has 1 aromatic carbocycles. The Balaban J connectivity index is 1.83. The van der Waals surface area contributed by atoms with Gasteiger partial charge in [-0.3, -0.25) is 4.79 Å². The van der Waals surface area contributed by atoms with E-state index in [9.17, 15) is 18.0 Å². The highest BCUT2D eigenvalue weighted by molar-refractivity contribution is 5.76. The minimum Gasteiger partial charge on any atom is -0.406 e. The van der Waals surface area contributed by atoms with Gasteiger partial charge in [-0.25, -0.2) is 0 Å². The first-order valence-electron chi connectivity index (χ1n) is 8.71. The summed E-state index contributed by atoms with van der Waals surface area (Å²) in [7, 11) is 0. The average molecular weight is 358 g/mol. The van der Waals surface area contributed by atoms with E-state index in [0.29, 0.717) is 11.5 Å². The Bertz CT molecular complexity index is 555. The van der Waals surface area contributed by atoms with Gasteiger partial charge in [0, 0.05) is 19.5 Å². The van der Waals surface area contributed by atoms with E-state index in [1.165, 1.54) is 12.1 Å². The Labute approximate surface area is 146 Å². The molecule has 0 bridgehead atoms. The summed E-state index contributed by atoms with van der Waals surface area (Å²) in [5, 5.41) is 3.32. The van der Waals surface area contributed by atoms with Gasteiger partial charge in [0.2, 0.25) is 5.91 Å². The summed E-state index contributed by atoms with van der Waals surface area (Å²) in [4.78, 5) is 14.2. The first kappa shape index (κ1) is 19.6. The first-order chi connectivity index (χ1) is 11.9. The number of likely N-dealkylation sites (tertiary alicyclic amines) is 1. The number of alkyl halides is 3. The zero-order valence-corrected chi connectivity index (χ0v) is 14.4. The molecule has 140 valence electrons. The quantitative estimate of drug-likeness (QED) is 0.813. The number of nitrogens with one attached hydrogen (secondary N) is 1. The summed E-state index contributed by atoms with van der Waals surface area (Å²) in [6.07, 6.45) is -2.37. The molecule has 0 atom stereocenters. The molecule has 0 aromatic heterocycles. The van der Waals surface area contributed by atoms with E-state index in [4.69, 9.17) is 0 Å². The molecule has 0 spiro atoms. The Morgan fingerprint density at radius 2 is 1.96 bits per heavy atom. The number of carbonyl (C=O) groups is 1. The van der Waals surface area contributed by atoms with Crippen LogP contribution in [0.2, 0.25) is 0 Å². The average Bonchev–Trinajstić information content (AvgIpc) is 2.58. The number of hydrogen-bond donors (Lipinski definition) is 1. The summed E-state index contributed by atoms with van der Waals surface area (Å²) in [5.41, 5.74) is 0.398. The third-order valence-electron chi connectivity index (χ3n) is 4.46. The Hall–Kier alpha value is -1.76. The lowest BCUT2D eigenvalue weighted by Gasteiger charge is -2.32. The van der Waals surface area contributed by atoms with Crippen LogP contribution in [0.1, 0.15) is 31.7 Å². The number of halogens is 3. The van der Waals surface area contributed by atoms with Crippen LogP contribution in [0.25, 0.3) is 0 Å². The van der Waals surface area contributed by atoms with Gasteiger partial charge in [-0.2, -0.15) is 0 Å². The van der Waals surface area contributed by atoms with Crippen molar-refractivity contribution in [1.82, 2.24) is 10.2 Å². The molecule has 1 saturated heterocycles. The van der Waals surface area contributed by atoms with Gasteiger partial charge in [0.05, 0.1) is 0 Å². The standard InChI is InChI=1S/C18H25F3N2O2/c1-2-22-13-14-9-11-23(12-10-14)17(24)8-7-15-5-3-4-6-16(15)25-18(19,20)21/h3-6,14,22H,2,7-13H2,1H3. The highest BCUT2D eigenvalue weighted by Gasteiger charge is 2.32. The van der Waals surface area contributed by atoms with Gasteiger partial charge in [-0.1, -0.05) is 25.1 Å². The van der Waals surface area contributed by atoms with E-state index in [1.807, 2.05) is 4.90 Å². The predicted molar refractivity (Wildman–Crippen MR) is 89.3 cm³/mol. The van der Waals surface area contributed by atoms with E-state index in [0.717, 1.165) is 39.0 Å². The van der Waals surface area contributed by atoms with Crippen molar-refractivity contribution in [2.24, 2.45) is 5.92 Å². The van der Waals surface area contributed by atoms with Crippen molar-refractivity contribution in [3.8, 4) is 5.75 Å². The van der Waals surface area contributed by atoms with Crippen LogP contribution >= 0.6 is 0 Å². The molecule has 25 heavy (non-hydrogen) atoms. The molecule has 2 rings (SSSR count). The van der Waals surface area contributed by atoms with Crippen LogP contribution < -0.4 is 10.1 Å². The second-order valence-electron chi connectivity index (χ2n) is 6.29. The van der Waals surface area contributed by atoms with Crippen LogP contribution in [0.5, 0.6) is 5.75 Å². The minimum absolute atomic E-state index is 0.0105. The van der Waals surface area contributed by atoms with Gasteiger partial charge in [-0.15, -0.1) is 13.2 Å². The molecule has 0 unspecified atom stereocenters. The smallest absolute Gasteiger partial charge is 0.406 e. The zero-order chi connectivity index (χ0) is 18.3. The summed E-state index contributed by atoms with van der Waals surface area (Å²) in [5.74, 6) is 0.348. The van der Waals surface area contributed by atoms with Gasteiger partial charge >= 0.3 is 6.36 Å². The number of hydrogen-bond acceptors (Lipinski definition) is 3. The fraction of sp³-hybridized carbons (Fsp3) is 0.611. The van der Waals surface area contributed by atoms with Gasteiger partial charge in [0.1, 0.15) is 5.75 Å². The maximum Gasteiger partial charge on any atom is 0.573 e. The molecule has 1 aliphatic heterocycles. The summed E-state index contributed by atoms with van der Waals surface area (Å²) in [6, 6.07) is 5.98. The number of nitrogens with zero attached hydrogens (tertiary/aromatic N) is 1. The number of amides is 1. The van der Waals surface area contributed by atoms with Crippen LogP contribution in [-0.2, 0) is 11.2 Å². The molecule has 7 heteroatoms. The maximum atomic E-state index is 12.4. The van der Waals surface area contributed by atoms with E-state index >= 15 is 0 Å². The Morgan fingerprint density at radius 3 is 2.60 bits per heavy atom. The maximum absolute atomic E-state index is 12.4. The van der Waals surface area contributed by atoms with Crippen molar-refractivity contribution in [3.05, 3.63) is 29.8 Å². The number of carbonyl (C=O) groups excluding carboxylic acids is 1. The van der Waals surface area contributed by atoms with Crippen molar-refractivity contribution in [1.29, 1.82) is 0 Å². The SMILES string of the molecule is CCNCC1CCN(C(=O)CCc2ccccc2OC(F)(F)F)CC1. The monoisotopic (exact) mass is 358 g/mol. The topological polar surface area (TPSA) is 41.6 Å². The van der Waals surface area contributed by atoms with Gasteiger partial charge in [0.15, 0.2) is 0 Å². The molecule has 1 aliphatic rings. The van der Waals surface area contributed by atoms with Gasteiger partial charge < -0.3 is 15.0 Å². The van der Waals surface area contributed by atoms with Crippen LogP contribution in [0.4, 0.5) is 13.2 Å². The third-order valence-corrected chi connectivity index (χ3v) is 4.46. The number of aryl methyl sites for hydroxylation is 1. The molecular weight excluding hydrogens is 333 g/mol. The molecule has 1 fully saturated rings. The molecule has 0 saturated carbocycles. The number of ether oxygens (including phenoxy) is 1. The minimum atomic E-state index is -4.73. The van der Waals surface area contributed by atoms with Crippen LogP contribution in [-0.4, -0.2) is 43.3 Å². The molecule has 1 amide bonds. The lowest BCUT2D eigenvalue weighted by atomic mass is 9.96. The lowest BCUT2D eigenvalue weighted by molar-refractivity contribution is -0.274. The Kier molecular flexibility index (Phi) is 7.11. The summed E-state index contributed by atoms with van der Waals surface area (Å²) >= 11 is 0. The summed E-state index contributed by atoms with van der Waals surface area (Å²) in [6.45, 7) is 5.42. The first-order valence-corrected chi connectivity index (χ1v) is 8.71. The molecule has 0 aliphatic carbocycles. The second kappa shape index (κ2) is 9.08. The van der Waals surface area contributed by atoms with Crippen LogP contribution in [0, 0.1) is 5.92 Å². The van der Waals surface area contributed by atoms with Crippen molar-refractivity contribution in [3.63, 3.8) is 0 Å². The molecular formula is C18H25F3N2O2. The van der Waals surface area contributed by atoms with Gasteiger partial charge in [-0.05, 0) is 49.9 Å². The number of rotatable bonds is 7. The largest absolute Gasteiger partial charge is 0.573 e. The molecule has 1 aromatic rings. The zero-order valence-electron chi connectivity index (χ0n) is 14.4. The van der Waals surface area contributed by atoms with Crippen LogP contribution in [0.3, 0.4) is 0 Å². The normalized spacial score (nSPS) is 16.1. The van der Waals surface area contributed by atoms with Crippen molar-refractivity contribution in [2.45, 2.75) is 39.0 Å². The van der Waals surface area contributed by atoms with E-state index in [-0.39, 0.29) is 24.5 Å². The Morgan fingerprint density at radius 1 is 1.28 bits per heavy atom. The summed E-state index contributed by atoms with van der Waals surface area (Å²) < 4.78 is 41.3.